The lowest BCUT2D eigenvalue weighted by Crippen LogP contribution is -2.45. The maximum absolute atomic E-state index is 13.5. The van der Waals surface area contributed by atoms with Gasteiger partial charge in [-0.2, -0.15) is 0 Å². The van der Waals surface area contributed by atoms with Crippen LogP contribution in [0.3, 0.4) is 0 Å². The number of halogens is 1. The molecule has 4 nitrogen and oxygen atoms in total. The van der Waals surface area contributed by atoms with Crippen molar-refractivity contribution in [1.29, 1.82) is 0 Å². The summed E-state index contributed by atoms with van der Waals surface area (Å²) in [6.45, 7) is 4.23. The van der Waals surface area contributed by atoms with Crippen LogP contribution in [0.25, 0.3) is 0 Å². The first kappa shape index (κ1) is 20.0. The van der Waals surface area contributed by atoms with Crippen LogP contribution in [0.1, 0.15) is 55.0 Å². The average molecular weight is 396 g/mol. The van der Waals surface area contributed by atoms with Crippen LogP contribution in [0.2, 0.25) is 0 Å². The molecule has 0 N–H and O–H groups in total. The second kappa shape index (κ2) is 9.49. The molecule has 2 aromatic rings. The van der Waals surface area contributed by atoms with Gasteiger partial charge in [-0.1, -0.05) is 18.2 Å². The van der Waals surface area contributed by atoms with Crippen molar-refractivity contribution in [3.05, 3.63) is 65.2 Å². The van der Waals surface area contributed by atoms with E-state index in [0.29, 0.717) is 18.9 Å². The molecule has 1 atom stereocenters. The quantitative estimate of drug-likeness (QED) is 0.768. The molecular formula is C24H30FN3O. The molecule has 0 bridgehead atoms. The van der Waals surface area contributed by atoms with Crippen LogP contribution in [0, 0.1) is 5.82 Å². The van der Waals surface area contributed by atoms with Crippen LogP contribution in [-0.2, 0) is 11.2 Å². The van der Waals surface area contributed by atoms with E-state index in [2.05, 4.69) is 17.0 Å². The molecule has 3 heterocycles. The molecule has 4 rings (SSSR count). The van der Waals surface area contributed by atoms with E-state index in [1.807, 2.05) is 17.0 Å². The Labute approximate surface area is 172 Å². The fourth-order valence-corrected chi connectivity index (χ4v) is 4.56. The maximum Gasteiger partial charge on any atom is 0.236 e. The number of hydrogen-bond acceptors (Lipinski definition) is 3. The molecule has 0 spiro atoms. The first-order valence-electron chi connectivity index (χ1n) is 10.9. The highest BCUT2D eigenvalue weighted by atomic mass is 19.1. The third-order valence-electron chi connectivity index (χ3n) is 6.09. The molecule has 0 aliphatic carbocycles. The number of carbonyl (C=O) groups is 1. The van der Waals surface area contributed by atoms with Gasteiger partial charge < -0.3 is 4.90 Å². The minimum atomic E-state index is -0.208. The molecular weight excluding hydrogens is 365 g/mol. The highest BCUT2D eigenvalue weighted by molar-refractivity contribution is 5.78. The van der Waals surface area contributed by atoms with Gasteiger partial charge in [-0.15, -0.1) is 0 Å². The second-order valence-corrected chi connectivity index (χ2v) is 8.38. The van der Waals surface area contributed by atoms with E-state index in [1.54, 1.807) is 12.1 Å². The van der Waals surface area contributed by atoms with E-state index in [1.165, 1.54) is 12.5 Å². The average Bonchev–Trinajstić information content (AvgIpc) is 2.75. The molecule has 5 heteroatoms. The van der Waals surface area contributed by atoms with Crippen molar-refractivity contribution in [3.63, 3.8) is 0 Å². The van der Waals surface area contributed by atoms with E-state index in [-0.39, 0.29) is 11.7 Å². The third kappa shape index (κ3) is 5.41. The van der Waals surface area contributed by atoms with Crippen molar-refractivity contribution in [2.45, 2.75) is 44.4 Å². The van der Waals surface area contributed by atoms with Crippen LogP contribution in [0.5, 0.6) is 0 Å². The van der Waals surface area contributed by atoms with Gasteiger partial charge in [-0.25, -0.2) is 4.39 Å². The number of likely N-dealkylation sites (tertiary alicyclic amines) is 2. The van der Waals surface area contributed by atoms with Gasteiger partial charge in [0.1, 0.15) is 5.82 Å². The van der Waals surface area contributed by atoms with Crippen LogP contribution < -0.4 is 0 Å². The zero-order chi connectivity index (χ0) is 20.1. The first-order valence-corrected chi connectivity index (χ1v) is 10.9. The summed E-state index contributed by atoms with van der Waals surface area (Å²) in [6.07, 6.45) is 6.34. The molecule has 0 saturated carbocycles. The number of aromatic nitrogens is 1. The van der Waals surface area contributed by atoms with Gasteiger partial charge in [0, 0.05) is 43.4 Å². The van der Waals surface area contributed by atoms with Gasteiger partial charge in [-0.3, -0.25) is 14.7 Å². The monoisotopic (exact) mass is 395 g/mol. The van der Waals surface area contributed by atoms with Gasteiger partial charge in [0.2, 0.25) is 5.91 Å². The van der Waals surface area contributed by atoms with E-state index in [9.17, 15) is 9.18 Å². The number of carbonyl (C=O) groups excluding carboxylic acids is 1. The fourth-order valence-electron chi connectivity index (χ4n) is 4.56. The summed E-state index contributed by atoms with van der Waals surface area (Å²) in [4.78, 5) is 21.8. The summed E-state index contributed by atoms with van der Waals surface area (Å²) >= 11 is 0. The van der Waals surface area contributed by atoms with Crippen LogP contribution in [-0.4, -0.2) is 53.4 Å². The van der Waals surface area contributed by atoms with Crippen LogP contribution in [0.4, 0.5) is 4.39 Å². The first-order chi connectivity index (χ1) is 14.2. The Balaban J connectivity index is 1.38. The third-order valence-corrected chi connectivity index (χ3v) is 6.09. The number of amides is 1. The Kier molecular flexibility index (Phi) is 6.55. The van der Waals surface area contributed by atoms with Crippen LogP contribution in [0.15, 0.2) is 42.5 Å². The summed E-state index contributed by atoms with van der Waals surface area (Å²) in [6, 6.07) is 12.9. The molecule has 0 radical (unpaired) electrons. The topological polar surface area (TPSA) is 36.4 Å². The molecule has 1 amide bonds. The maximum atomic E-state index is 13.5. The summed E-state index contributed by atoms with van der Waals surface area (Å²) in [5.74, 6) is 0.420. The van der Waals surface area contributed by atoms with Crippen molar-refractivity contribution in [3.8, 4) is 0 Å². The van der Waals surface area contributed by atoms with Crippen molar-refractivity contribution >= 4 is 5.91 Å². The highest BCUT2D eigenvalue weighted by Crippen LogP contribution is 2.26. The van der Waals surface area contributed by atoms with E-state index < -0.39 is 0 Å². The summed E-state index contributed by atoms with van der Waals surface area (Å²) in [5.41, 5.74) is 3.00. The molecule has 154 valence electrons. The highest BCUT2D eigenvalue weighted by Gasteiger charge is 2.26. The lowest BCUT2D eigenvalue weighted by atomic mass is 9.93. The van der Waals surface area contributed by atoms with Gasteiger partial charge in [0.15, 0.2) is 0 Å². The summed E-state index contributed by atoms with van der Waals surface area (Å²) in [7, 11) is 0. The summed E-state index contributed by atoms with van der Waals surface area (Å²) in [5, 5.41) is 0. The number of rotatable bonds is 5. The zero-order valence-electron chi connectivity index (χ0n) is 17.0. The smallest absolute Gasteiger partial charge is 0.236 e. The normalized spacial score (nSPS) is 20.6. The predicted molar refractivity (Wildman–Crippen MR) is 112 cm³/mol. The van der Waals surface area contributed by atoms with Crippen molar-refractivity contribution in [2.75, 3.05) is 32.7 Å². The predicted octanol–water partition coefficient (Wildman–Crippen LogP) is 4.00. The number of piperidine rings is 2. The zero-order valence-corrected chi connectivity index (χ0v) is 17.0. The van der Waals surface area contributed by atoms with Crippen molar-refractivity contribution in [1.82, 2.24) is 14.8 Å². The molecule has 2 fully saturated rings. The fraction of sp³-hybridized carbons (Fsp3) is 0.500. The molecule has 1 aromatic heterocycles. The Morgan fingerprint density at radius 1 is 1.03 bits per heavy atom. The Morgan fingerprint density at radius 2 is 1.86 bits per heavy atom. The molecule has 2 aliphatic rings. The molecule has 1 unspecified atom stereocenters. The van der Waals surface area contributed by atoms with Crippen molar-refractivity contribution < 1.29 is 9.18 Å². The number of benzene rings is 1. The van der Waals surface area contributed by atoms with Gasteiger partial charge in [-0.05, 0) is 68.5 Å². The lowest BCUT2D eigenvalue weighted by molar-refractivity contribution is -0.133. The van der Waals surface area contributed by atoms with Crippen molar-refractivity contribution in [2.24, 2.45) is 0 Å². The standard InChI is InChI=1S/C24H30FN3O/c25-21-9-4-7-19(15-21)16-22-10-5-11-23(26-22)20-8-6-12-27(17-20)18-24(29)28-13-2-1-3-14-28/h4-5,7,9-11,15,20H,1-3,6,8,12-14,16-18H2. The Bertz CT molecular complexity index is 834. The van der Waals surface area contributed by atoms with Gasteiger partial charge in [0.05, 0.1) is 6.54 Å². The van der Waals surface area contributed by atoms with E-state index in [4.69, 9.17) is 4.98 Å². The van der Waals surface area contributed by atoms with Crippen LogP contribution >= 0.6 is 0 Å². The Hall–Kier alpha value is -2.27. The van der Waals surface area contributed by atoms with Gasteiger partial charge in [0.25, 0.3) is 0 Å². The largest absolute Gasteiger partial charge is 0.342 e. The second-order valence-electron chi connectivity index (χ2n) is 8.38. The lowest BCUT2D eigenvalue weighted by Gasteiger charge is -2.34. The minimum absolute atomic E-state index is 0.208. The molecule has 2 saturated heterocycles. The minimum Gasteiger partial charge on any atom is -0.342 e. The number of hydrogen-bond donors (Lipinski definition) is 0. The van der Waals surface area contributed by atoms with E-state index in [0.717, 1.165) is 68.8 Å². The van der Waals surface area contributed by atoms with Gasteiger partial charge >= 0.3 is 0 Å². The molecule has 29 heavy (non-hydrogen) atoms. The van der Waals surface area contributed by atoms with E-state index >= 15 is 0 Å². The summed E-state index contributed by atoms with van der Waals surface area (Å²) < 4.78 is 13.5. The number of nitrogens with zero attached hydrogens (tertiary/aromatic N) is 3. The molecule has 2 aliphatic heterocycles. The number of pyridine rings is 1. The Morgan fingerprint density at radius 3 is 2.69 bits per heavy atom. The molecule has 1 aromatic carbocycles. The SMILES string of the molecule is O=C(CN1CCCC(c2cccc(Cc3cccc(F)c3)n2)C1)N1CCCCC1.